The maximum absolute atomic E-state index is 13.9. The predicted molar refractivity (Wildman–Crippen MR) is 165 cm³/mol. The highest BCUT2D eigenvalue weighted by atomic mass is 32.2. The van der Waals surface area contributed by atoms with Crippen molar-refractivity contribution in [1.29, 1.82) is 0 Å². The minimum absolute atomic E-state index is 0.150. The van der Waals surface area contributed by atoms with Crippen molar-refractivity contribution in [2.75, 3.05) is 19.1 Å². The van der Waals surface area contributed by atoms with Crippen molar-refractivity contribution in [3.63, 3.8) is 0 Å². The fourth-order valence-electron chi connectivity index (χ4n) is 4.70. The van der Waals surface area contributed by atoms with Crippen LogP contribution in [0, 0.1) is 0 Å². The molecule has 1 aromatic heterocycles. The van der Waals surface area contributed by atoms with Gasteiger partial charge in [0.05, 0.1) is 21.8 Å². The summed E-state index contributed by atoms with van der Waals surface area (Å²) >= 11 is 0. The fourth-order valence-corrected chi connectivity index (χ4v) is 5.65. The number of hydrogen-bond acceptors (Lipinski definition) is 5. The molecule has 0 fully saturated rings. The minimum Gasteiger partial charge on any atom is -0.267 e. The van der Waals surface area contributed by atoms with Crippen LogP contribution in [0.15, 0.2) is 137 Å². The maximum Gasteiger partial charge on any atom is 0.281 e. The van der Waals surface area contributed by atoms with Gasteiger partial charge in [0, 0.05) is 37.0 Å². The Morgan fingerprint density at radius 3 is 1.98 bits per heavy atom. The SMILES string of the molecule is CN(C)S(=O)(=O)c1cccc(-c2nn(-c3ccccc3)cc2/C=C2\C(=O)N(c3ccccc3)N=C2c2ccccc2)c1. The highest BCUT2D eigenvalue weighted by Gasteiger charge is 2.32. The summed E-state index contributed by atoms with van der Waals surface area (Å²) in [4.78, 5) is 14.1. The van der Waals surface area contributed by atoms with Crippen molar-refractivity contribution in [2.45, 2.75) is 4.90 Å². The van der Waals surface area contributed by atoms with Crippen molar-refractivity contribution < 1.29 is 13.2 Å². The first kappa shape index (κ1) is 27.1. The molecule has 1 amide bonds. The molecule has 0 saturated carbocycles. The molecule has 42 heavy (non-hydrogen) atoms. The van der Waals surface area contributed by atoms with E-state index < -0.39 is 10.0 Å². The van der Waals surface area contributed by atoms with Gasteiger partial charge in [-0.25, -0.2) is 17.4 Å². The average molecular weight is 574 g/mol. The van der Waals surface area contributed by atoms with E-state index in [1.165, 1.54) is 23.4 Å². The molecular weight excluding hydrogens is 546 g/mol. The Labute approximate surface area is 244 Å². The first-order chi connectivity index (χ1) is 20.3. The second-order valence-corrected chi connectivity index (χ2v) is 12.0. The van der Waals surface area contributed by atoms with Gasteiger partial charge in [-0.1, -0.05) is 78.9 Å². The summed E-state index contributed by atoms with van der Waals surface area (Å²) in [7, 11) is -0.683. The van der Waals surface area contributed by atoms with Gasteiger partial charge in [-0.15, -0.1) is 0 Å². The Hall–Kier alpha value is -5.12. The predicted octanol–water partition coefficient (Wildman–Crippen LogP) is 5.62. The van der Waals surface area contributed by atoms with Crippen LogP contribution in [-0.2, 0) is 14.8 Å². The van der Waals surface area contributed by atoms with Crippen LogP contribution in [-0.4, -0.2) is 48.2 Å². The number of carbonyl (C=O) groups excluding carboxylic acids is 1. The van der Waals surface area contributed by atoms with Crippen molar-refractivity contribution in [2.24, 2.45) is 5.10 Å². The lowest BCUT2D eigenvalue weighted by Gasteiger charge is -2.12. The molecule has 0 bridgehead atoms. The molecule has 5 aromatic rings. The number of rotatable bonds is 7. The molecule has 6 rings (SSSR count). The summed E-state index contributed by atoms with van der Waals surface area (Å²) < 4.78 is 28.8. The van der Waals surface area contributed by atoms with E-state index in [4.69, 9.17) is 10.2 Å². The van der Waals surface area contributed by atoms with Crippen LogP contribution in [0.5, 0.6) is 0 Å². The van der Waals surface area contributed by atoms with E-state index in [0.717, 1.165) is 11.3 Å². The van der Waals surface area contributed by atoms with Crippen molar-refractivity contribution in [3.8, 4) is 16.9 Å². The highest BCUT2D eigenvalue weighted by Crippen LogP contribution is 2.32. The van der Waals surface area contributed by atoms with Crippen LogP contribution in [0.1, 0.15) is 11.1 Å². The lowest BCUT2D eigenvalue weighted by molar-refractivity contribution is -0.114. The molecule has 8 nitrogen and oxygen atoms in total. The number of amides is 1. The topological polar surface area (TPSA) is 87.9 Å². The molecule has 1 aliphatic heterocycles. The van der Waals surface area contributed by atoms with E-state index in [1.54, 1.807) is 29.0 Å². The standard InChI is InChI=1S/C33H27N5O3S/c1-36(2)42(40,41)29-20-12-15-25(21-29)31-26(23-37(34-31)27-16-8-4-9-17-27)22-30-32(24-13-6-3-7-14-24)35-38(33(30)39)28-18-10-5-11-19-28/h3-23H,1-2H3/b30-22-. The number of sulfonamides is 1. The largest absolute Gasteiger partial charge is 0.281 e. The molecule has 4 aromatic carbocycles. The molecule has 0 saturated heterocycles. The fraction of sp³-hybridized carbons (Fsp3) is 0.0606. The summed E-state index contributed by atoms with van der Waals surface area (Å²) in [6, 6.07) is 35.1. The Bertz CT molecular complexity index is 1930. The first-order valence-corrected chi connectivity index (χ1v) is 14.7. The van der Waals surface area contributed by atoms with Gasteiger partial charge in [-0.05, 0) is 42.5 Å². The van der Waals surface area contributed by atoms with Gasteiger partial charge in [0.1, 0.15) is 11.4 Å². The Morgan fingerprint density at radius 1 is 0.738 bits per heavy atom. The lowest BCUT2D eigenvalue weighted by atomic mass is 9.99. The summed E-state index contributed by atoms with van der Waals surface area (Å²) in [6.07, 6.45) is 3.62. The molecule has 0 aliphatic carbocycles. The lowest BCUT2D eigenvalue weighted by Crippen LogP contribution is -2.22. The molecule has 0 N–H and O–H groups in total. The van der Waals surface area contributed by atoms with Gasteiger partial charge in [0.2, 0.25) is 10.0 Å². The normalized spacial score (nSPS) is 14.5. The van der Waals surface area contributed by atoms with Crippen LogP contribution in [0.2, 0.25) is 0 Å². The van der Waals surface area contributed by atoms with Gasteiger partial charge in [0.25, 0.3) is 5.91 Å². The summed E-state index contributed by atoms with van der Waals surface area (Å²) in [6.45, 7) is 0. The van der Waals surface area contributed by atoms with Crippen molar-refractivity contribution in [1.82, 2.24) is 14.1 Å². The number of anilines is 1. The second-order valence-electron chi connectivity index (χ2n) is 9.85. The van der Waals surface area contributed by atoms with E-state index in [2.05, 4.69) is 0 Å². The highest BCUT2D eigenvalue weighted by molar-refractivity contribution is 7.89. The Morgan fingerprint density at radius 2 is 1.33 bits per heavy atom. The molecular formula is C33H27N5O3S. The summed E-state index contributed by atoms with van der Waals surface area (Å²) in [5.41, 5.74) is 4.97. The molecule has 0 spiro atoms. The minimum atomic E-state index is -3.68. The van der Waals surface area contributed by atoms with Crippen LogP contribution < -0.4 is 5.01 Å². The van der Waals surface area contributed by atoms with Crippen LogP contribution >= 0.6 is 0 Å². The Kier molecular flexibility index (Phi) is 7.12. The third-order valence-electron chi connectivity index (χ3n) is 6.88. The molecule has 2 heterocycles. The van der Waals surface area contributed by atoms with Gasteiger partial charge >= 0.3 is 0 Å². The van der Waals surface area contributed by atoms with Crippen molar-refractivity contribution >= 4 is 33.4 Å². The maximum atomic E-state index is 13.9. The molecule has 0 atom stereocenters. The monoisotopic (exact) mass is 573 g/mol. The number of benzene rings is 4. The molecule has 1 aliphatic rings. The van der Waals surface area contributed by atoms with Gasteiger partial charge in [-0.2, -0.15) is 15.2 Å². The summed E-state index contributed by atoms with van der Waals surface area (Å²) in [5.74, 6) is -0.276. The number of hydrazone groups is 1. The third kappa shape index (κ3) is 5.07. The molecule has 9 heteroatoms. The quantitative estimate of drug-likeness (QED) is 0.236. The van der Waals surface area contributed by atoms with Crippen molar-refractivity contribution in [3.05, 3.63) is 138 Å². The van der Waals surface area contributed by atoms with Gasteiger partial charge in [-0.3, -0.25) is 4.79 Å². The zero-order valence-corrected chi connectivity index (χ0v) is 23.8. The molecule has 0 unspecified atom stereocenters. The first-order valence-electron chi connectivity index (χ1n) is 13.3. The zero-order chi connectivity index (χ0) is 29.3. The third-order valence-corrected chi connectivity index (χ3v) is 8.69. The number of hydrogen-bond donors (Lipinski definition) is 0. The van der Waals surface area contributed by atoms with E-state index >= 15 is 0 Å². The van der Waals surface area contributed by atoms with Crippen LogP contribution in [0.4, 0.5) is 5.69 Å². The number of aromatic nitrogens is 2. The summed E-state index contributed by atoms with van der Waals surface area (Å²) in [5, 5.41) is 11.0. The molecule has 0 radical (unpaired) electrons. The smallest absolute Gasteiger partial charge is 0.267 e. The van der Waals surface area contributed by atoms with E-state index in [1.807, 2.05) is 103 Å². The van der Waals surface area contributed by atoms with Gasteiger partial charge < -0.3 is 0 Å². The zero-order valence-electron chi connectivity index (χ0n) is 23.0. The average Bonchev–Trinajstić information content (AvgIpc) is 3.60. The number of carbonyl (C=O) groups is 1. The van der Waals surface area contributed by atoms with Gasteiger partial charge in [0.15, 0.2) is 0 Å². The number of para-hydroxylation sites is 2. The Balaban J connectivity index is 1.54. The van der Waals surface area contributed by atoms with E-state index in [9.17, 15) is 13.2 Å². The molecule has 208 valence electrons. The second kappa shape index (κ2) is 11.0. The van der Waals surface area contributed by atoms with E-state index in [0.29, 0.717) is 33.8 Å². The number of nitrogens with zero attached hydrogens (tertiary/aromatic N) is 5. The van der Waals surface area contributed by atoms with E-state index in [-0.39, 0.29) is 10.8 Å². The van der Waals surface area contributed by atoms with Crippen LogP contribution in [0.3, 0.4) is 0 Å². The van der Waals surface area contributed by atoms with Crippen LogP contribution in [0.25, 0.3) is 23.0 Å².